The first kappa shape index (κ1) is 22.8. The number of nitrogens with zero attached hydrogens (tertiary/aromatic N) is 3. The highest BCUT2D eigenvalue weighted by Crippen LogP contribution is 2.31. The summed E-state index contributed by atoms with van der Waals surface area (Å²) < 4.78 is 1.12. The van der Waals surface area contributed by atoms with E-state index in [9.17, 15) is 4.79 Å². The van der Waals surface area contributed by atoms with Crippen LogP contribution in [0.15, 0.2) is 78.9 Å². The highest BCUT2D eigenvalue weighted by atomic mass is 35.5. The van der Waals surface area contributed by atoms with Crippen molar-refractivity contribution in [3.05, 3.63) is 95.0 Å². The molecule has 1 amide bonds. The number of fused-ring (bicyclic) bond motifs is 1. The second-order valence-corrected chi connectivity index (χ2v) is 9.93. The van der Waals surface area contributed by atoms with E-state index in [-0.39, 0.29) is 11.8 Å². The largest absolute Gasteiger partial charge is 0.354 e. The van der Waals surface area contributed by atoms with E-state index in [1.807, 2.05) is 78.9 Å². The molecule has 1 aliphatic heterocycles. The monoisotopic (exact) mass is 490 g/mol. The zero-order chi connectivity index (χ0) is 23.3. The molecule has 1 aromatic heterocycles. The van der Waals surface area contributed by atoms with Gasteiger partial charge in [0.25, 0.3) is 0 Å². The van der Waals surface area contributed by atoms with Gasteiger partial charge in [-0.2, -0.15) is 0 Å². The number of aromatic nitrogens is 1. The summed E-state index contributed by atoms with van der Waals surface area (Å²) in [7, 11) is 0. The van der Waals surface area contributed by atoms with Gasteiger partial charge in [-0.25, -0.2) is 4.98 Å². The molecule has 5 nitrogen and oxygen atoms in total. The van der Waals surface area contributed by atoms with E-state index in [4.69, 9.17) is 16.6 Å². The minimum atomic E-state index is -0.299. The fourth-order valence-electron chi connectivity index (χ4n) is 4.41. The fraction of sp³-hybridized carbons (Fsp3) is 0.259. The van der Waals surface area contributed by atoms with Crippen LogP contribution >= 0.6 is 22.9 Å². The number of thiazole rings is 1. The molecule has 174 valence electrons. The van der Waals surface area contributed by atoms with Gasteiger partial charge in [0.15, 0.2) is 5.13 Å². The molecule has 0 atom stereocenters. The number of benzene rings is 3. The van der Waals surface area contributed by atoms with Crippen molar-refractivity contribution in [3.63, 3.8) is 0 Å². The van der Waals surface area contributed by atoms with E-state index >= 15 is 0 Å². The predicted molar refractivity (Wildman–Crippen MR) is 141 cm³/mol. The normalized spacial score (nSPS) is 14.6. The van der Waals surface area contributed by atoms with Crippen LogP contribution in [0.4, 0.5) is 5.13 Å². The van der Waals surface area contributed by atoms with E-state index in [0.29, 0.717) is 6.54 Å². The quantitative estimate of drug-likeness (QED) is 0.395. The molecule has 1 saturated heterocycles. The summed E-state index contributed by atoms with van der Waals surface area (Å²) in [6.45, 7) is 5.23. The van der Waals surface area contributed by atoms with Crippen LogP contribution in [-0.2, 0) is 4.79 Å². The molecule has 4 aromatic rings. The number of amides is 1. The van der Waals surface area contributed by atoms with E-state index in [1.165, 1.54) is 0 Å². The molecule has 1 aliphatic rings. The number of piperazine rings is 1. The maximum Gasteiger partial charge on any atom is 0.232 e. The Morgan fingerprint density at radius 1 is 0.941 bits per heavy atom. The minimum Gasteiger partial charge on any atom is -0.354 e. The van der Waals surface area contributed by atoms with Crippen LogP contribution in [0.2, 0.25) is 5.02 Å². The molecule has 0 radical (unpaired) electrons. The number of halogens is 1. The molecular formula is C27H27ClN4OS. The van der Waals surface area contributed by atoms with Crippen LogP contribution in [0.1, 0.15) is 17.0 Å². The van der Waals surface area contributed by atoms with Crippen LogP contribution in [-0.4, -0.2) is 55.1 Å². The Labute approximate surface area is 209 Å². The van der Waals surface area contributed by atoms with Gasteiger partial charge >= 0.3 is 0 Å². The Hall–Kier alpha value is -2.93. The van der Waals surface area contributed by atoms with Gasteiger partial charge in [0.2, 0.25) is 5.91 Å². The number of nitrogens with one attached hydrogen (secondary N) is 1. The predicted octanol–water partition coefficient (Wildman–Crippen LogP) is 5.02. The van der Waals surface area contributed by atoms with Crippen molar-refractivity contribution in [1.29, 1.82) is 0 Å². The van der Waals surface area contributed by atoms with Crippen molar-refractivity contribution in [2.45, 2.75) is 5.92 Å². The van der Waals surface area contributed by atoms with Crippen molar-refractivity contribution >= 4 is 44.2 Å². The van der Waals surface area contributed by atoms with E-state index in [0.717, 1.165) is 64.2 Å². The Morgan fingerprint density at radius 3 is 2.24 bits per heavy atom. The van der Waals surface area contributed by atoms with E-state index in [2.05, 4.69) is 15.1 Å². The van der Waals surface area contributed by atoms with Crippen molar-refractivity contribution < 1.29 is 4.79 Å². The van der Waals surface area contributed by atoms with Crippen molar-refractivity contribution in [1.82, 2.24) is 15.2 Å². The molecule has 0 spiro atoms. The number of rotatable bonds is 7. The maximum atomic E-state index is 13.2. The first-order chi connectivity index (χ1) is 16.7. The number of hydrogen-bond donors (Lipinski definition) is 1. The first-order valence-electron chi connectivity index (χ1n) is 11.6. The topological polar surface area (TPSA) is 48.5 Å². The minimum absolute atomic E-state index is 0.0455. The second kappa shape index (κ2) is 10.6. The lowest BCUT2D eigenvalue weighted by Gasteiger charge is -2.34. The average Bonchev–Trinajstić information content (AvgIpc) is 3.29. The van der Waals surface area contributed by atoms with Crippen LogP contribution in [0.3, 0.4) is 0 Å². The molecule has 3 aromatic carbocycles. The maximum absolute atomic E-state index is 13.2. The molecule has 34 heavy (non-hydrogen) atoms. The lowest BCUT2D eigenvalue weighted by molar-refractivity contribution is -0.121. The third-order valence-electron chi connectivity index (χ3n) is 6.24. The summed E-state index contributed by atoms with van der Waals surface area (Å²) in [5.41, 5.74) is 3.02. The van der Waals surface area contributed by atoms with Gasteiger partial charge in [-0.05, 0) is 29.3 Å². The molecular weight excluding hydrogens is 464 g/mol. The van der Waals surface area contributed by atoms with Crippen molar-refractivity contribution in [3.8, 4) is 0 Å². The van der Waals surface area contributed by atoms with Gasteiger partial charge in [0.05, 0.1) is 16.1 Å². The lowest BCUT2D eigenvalue weighted by atomic mass is 9.90. The standard InChI is InChI=1S/C27H27ClN4OS/c28-22-11-12-23-24(19-22)34-27(30-23)32-17-15-31(16-18-32)14-13-29-26(33)25(20-7-3-1-4-8-20)21-9-5-2-6-10-21/h1-12,19,25H,13-18H2,(H,29,33). The van der Waals surface area contributed by atoms with Gasteiger partial charge in [0.1, 0.15) is 0 Å². The smallest absolute Gasteiger partial charge is 0.232 e. The van der Waals surface area contributed by atoms with Crippen LogP contribution in [0, 0.1) is 0 Å². The summed E-state index contributed by atoms with van der Waals surface area (Å²) >= 11 is 7.82. The fourth-order valence-corrected chi connectivity index (χ4v) is 5.70. The Morgan fingerprint density at radius 2 is 1.59 bits per heavy atom. The third-order valence-corrected chi connectivity index (χ3v) is 7.55. The van der Waals surface area contributed by atoms with E-state index in [1.54, 1.807) is 11.3 Å². The Bertz CT molecular complexity index is 1200. The molecule has 1 fully saturated rings. The summed E-state index contributed by atoms with van der Waals surface area (Å²) in [6.07, 6.45) is 0. The number of hydrogen-bond acceptors (Lipinski definition) is 5. The summed E-state index contributed by atoms with van der Waals surface area (Å²) in [6, 6.07) is 25.8. The summed E-state index contributed by atoms with van der Waals surface area (Å²) in [5, 5.41) is 4.98. The van der Waals surface area contributed by atoms with Crippen molar-refractivity contribution in [2.75, 3.05) is 44.2 Å². The number of carbonyl (C=O) groups excluding carboxylic acids is 1. The molecule has 2 heterocycles. The third kappa shape index (κ3) is 5.25. The van der Waals surface area contributed by atoms with Crippen LogP contribution < -0.4 is 10.2 Å². The first-order valence-corrected chi connectivity index (χ1v) is 12.8. The Kier molecular flexibility index (Phi) is 7.09. The molecule has 0 unspecified atom stereocenters. The Balaban J connectivity index is 1.15. The zero-order valence-corrected chi connectivity index (χ0v) is 20.4. The van der Waals surface area contributed by atoms with Crippen LogP contribution in [0.25, 0.3) is 10.2 Å². The summed E-state index contributed by atoms with van der Waals surface area (Å²) in [4.78, 5) is 22.7. The van der Waals surface area contributed by atoms with Gasteiger partial charge in [0, 0.05) is 44.3 Å². The van der Waals surface area contributed by atoms with Crippen LogP contribution in [0.5, 0.6) is 0 Å². The molecule has 0 aliphatic carbocycles. The van der Waals surface area contributed by atoms with Gasteiger partial charge in [-0.3, -0.25) is 9.69 Å². The highest BCUT2D eigenvalue weighted by Gasteiger charge is 2.23. The molecule has 7 heteroatoms. The molecule has 0 bridgehead atoms. The van der Waals surface area contributed by atoms with Crippen molar-refractivity contribution in [2.24, 2.45) is 0 Å². The lowest BCUT2D eigenvalue weighted by Crippen LogP contribution is -2.48. The van der Waals surface area contributed by atoms with E-state index < -0.39 is 0 Å². The summed E-state index contributed by atoms with van der Waals surface area (Å²) in [5.74, 6) is -0.254. The molecule has 1 N–H and O–H groups in total. The average molecular weight is 491 g/mol. The second-order valence-electron chi connectivity index (χ2n) is 8.48. The van der Waals surface area contributed by atoms with Gasteiger partial charge < -0.3 is 10.2 Å². The molecule has 0 saturated carbocycles. The number of carbonyl (C=O) groups is 1. The van der Waals surface area contributed by atoms with Gasteiger partial charge in [-0.15, -0.1) is 0 Å². The number of anilines is 1. The SMILES string of the molecule is O=C(NCCN1CCN(c2nc3ccc(Cl)cc3s2)CC1)C(c1ccccc1)c1ccccc1. The molecule has 5 rings (SSSR count). The van der Waals surface area contributed by atoms with Gasteiger partial charge in [-0.1, -0.05) is 83.6 Å². The zero-order valence-electron chi connectivity index (χ0n) is 18.9. The highest BCUT2D eigenvalue weighted by molar-refractivity contribution is 7.22.